The first-order chi connectivity index (χ1) is 12.1. The maximum Gasteiger partial charge on any atom is 0.193 e. The van der Waals surface area contributed by atoms with Crippen LogP contribution in [0.25, 0.3) is 0 Å². The zero-order valence-corrected chi connectivity index (χ0v) is 16.8. The van der Waals surface area contributed by atoms with E-state index in [1.807, 2.05) is 13.1 Å². The van der Waals surface area contributed by atoms with Gasteiger partial charge in [0.1, 0.15) is 0 Å². The molecule has 0 aromatic carbocycles. The van der Waals surface area contributed by atoms with E-state index in [0.29, 0.717) is 0 Å². The minimum atomic E-state index is 0.206. The molecule has 0 atom stereocenters. The molecule has 1 aromatic heterocycles. The highest BCUT2D eigenvalue weighted by molar-refractivity contribution is 7.16. The Labute approximate surface area is 160 Å². The van der Waals surface area contributed by atoms with Crippen LogP contribution in [0.15, 0.2) is 17.1 Å². The number of hydrogen-bond acceptors (Lipinski definition) is 4. The lowest BCUT2D eigenvalue weighted by Gasteiger charge is -2.45. The minimum absolute atomic E-state index is 0.206. The average Bonchev–Trinajstić information content (AvgIpc) is 3.28. The average molecular weight is 385 g/mol. The van der Waals surface area contributed by atoms with Crippen molar-refractivity contribution in [2.45, 2.75) is 37.8 Å². The zero-order valence-electron chi connectivity index (χ0n) is 15.3. The molecule has 3 heterocycles. The van der Waals surface area contributed by atoms with Gasteiger partial charge in [0.25, 0.3) is 0 Å². The summed E-state index contributed by atoms with van der Waals surface area (Å²) in [4.78, 5) is 10.6. The van der Waals surface area contributed by atoms with Crippen LogP contribution in [0.1, 0.15) is 30.6 Å². The fraction of sp³-hybridized carbons (Fsp3) is 0.722. The molecule has 0 saturated carbocycles. The highest BCUT2D eigenvalue weighted by atomic mass is 35.5. The molecule has 1 aromatic rings. The van der Waals surface area contributed by atoms with Crippen molar-refractivity contribution in [1.82, 2.24) is 15.1 Å². The topological polar surface area (TPSA) is 40.1 Å². The van der Waals surface area contributed by atoms with E-state index >= 15 is 0 Å². The predicted molar refractivity (Wildman–Crippen MR) is 106 cm³/mol. The third-order valence-electron chi connectivity index (χ3n) is 5.37. The molecule has 140 valence electrons. The summed E-state index contributed by atoms with van der Waals surface area (Å²) in [7, 11) is 3.93. The molecule has 1 N–H and O–H groups in total. The largest absolute Gasteiger partial charge is 0.381 e. The molecular formula is C18H29ClN4OS. The lowest BCUT2D eigenvalue weighted by atomic mass is 9.88. The van der Waals surface area contributed by atoms with Crippen molar-refractivity contribution in [3.05, 3.63) is 21.3 Å². The van der Waals surface area contributed by atoms with E-state index in [4.69, 9.17) is 16.3 Å². The molecule has 2 saturated heterocycles. The second-order valence-electron chi connectivity index (χ2n) is 6.99. The lowest BCUT2D eigenvalue weighted by Crippen LogP contribution is -2.58. The Morgan fingerprint density at radius 2 is 2.08 bits per heavy atom. The van der Waals surface area contributed by atoms with Crippen LogP contribution in [-0.2, 0) is 11.3 Å². The van der Waals surface area contributed by atoms with E-state index in [1.165, 1.54) is 30.8 Å². The third-order valence-corrected chi connectivity index (χ3v) is 6.59. The third kappa shape index (κ3) is 4.67. The summed E-state index contributed by atoms with van der Waals surface area (Å²) in [6.07, 6.45) is 4.83. The maximum atomic E-state index is 6.05. The van der Waals surface area contributed by atoms with Crippen molar-refractivity contribution >= 4 is 28.9 Å². The number of guanidine groups is 1. The standard InChI is InChI=1S/C18H29ClN4OS/c1-20-17(22(2)13-15-5-6-16(19)25-15)21-14-18(7-11-24-12-8-18)23-9-3-4-10-23/h5-6H,3-4,7-14H2,1-2H3,(H,20,21). The van der Waals surface area contributed by atoms with Crippen LogP contribution in [0.5, 0.6) is 0 Å². The summed E-state index contributed by atoms with van der Waals surface area (Å²) in [5.74, 6) is 0.939. The van der Waals surface area contributed by atoms with E-state index in [9.17, 15) is 0 Å². The molecule has 2 aliphatic heterocycles. The highest BCUT2D eigenvalue weighted by Crippen LogP contribution is 2.31. The van der Waals surface area contributed by atoms with Crippen LogP contribution in [0.3, 0.4) is 0 Å². The second kappa shape index (κ2) is 8.71. The molecule has 2 aliphatic rings. The molecule has 0 radical (unpaired) electrons. The normalized spacial score (nSPS) is 21.5. The van der Waals surface area contributed by atoms with Crippen molar-refractivity contribution in [3.63, 3.8) is 0 Å². The van der Waals surface area contributed by atoms with Gasteiger partial charge in [-0.15, -0.1) is 11.3 Å². The number of hydrogen-bond donors (Lipinski definition) is 1. The quantitative estimate of drug-likeness (QED) is 0.625. The van der Waals surface area contributed by atoms with E-state index in [1.54, 1.807) is 11.3 Å². The monoisotopic (exact) mass is 384 g/mol. The molecule has 5 nitrogen and oxygen atoms in total. The van der Waals surface area contributed by atoms with Crippen LogP contribution >= 0.6 is 22.9 Å². The molecule has 0 aliphatic carbocycles. The molecule has 7 heteroatoms. The number of thiophene rings is 1. The second-order valence-corrected chi connectivity index (χ2v) is 8.79. The van der Waals surface area contributed by atoms with Gasteiger partial charge in [0.15, 0.2) is 5.96 Å². The zero-order chi connectivity index (χ0) is 17.7. The van der Waals surface area contributed by atoms with Gasteiger partial charge < -0.3 is 15.0 Å². The Morgan fingerprint density at radius 1 is 1.36 bits per heavy atom. The van der Waals surface area contributed by atoms with Gasteiger partial charge in [-0.2, -0.15) is 0 Å². The predicted octanol–water partition coefficient (Wildman–Crippen LogP) is 3.05. The van der Waals surface area contributed by atoms with Crippen LogP contribution < -0.4 is 5.32 Å². The number of rotatable bonds is 5. The SMILES string of the molecule is CN=C(NCC1(N2CCCC2)CCOCC1)N(C)Cc1ccc(Cl)s1. The van der Waals surface area contributed by atoms with Crippen LogP contribution in [0.4, 0.5) is 0 Å². The van der Waals surface area contributed by atoms with Gasteiger partial charge in [0.05, 0.1) is 10.9 Å². The van der Waals surface area contributed by atoms with Gasteiger partial charge in [-0.1, -0.05) is 11.6 Å². The number of halogens is 1. The first-order valence-electron chi connectivity index (χ1n) is 9.12. The summed E-state index contributed by atoms with van der Waals surface area (Å²) in [5.41, 5.74) is 0.206. The highest BCUT2D eigenvalue weighted by Gasteiger charge is 2.39. The summed E-state index contributed by atoms with van der Waals surface area (Å²) < 4.78 is 6.47. The first-order valence-corrected chi connectivity index (χ1v) is 10.3. The molecule has 0 bridgehead atoms. The van der Waals surface area contributed by atoms with Gasteiger partial charge in [-0.3, -0.25) is 9.89 Å². The molecule has 25 heavy (non-hydrogen) atoms. The summed E-state index contributed by atoms with van der Waals surface area (Å²) in [6.45, 7) is 5.89. The van der Waals surface area contributed by atoms with Crippen molar-refractivity contribution in [2.24, 2.45) is 4.99 Å². The summed E-state index contributed by atoms with van der Waals surface area (Å²) in [5, 5.41) is 3.63. The van der Waals surface area contributed by atoms with Crippen LogP contribution in [0, 0.1) is 0 Å². The van der Waals surface area contributed by atoms with E-state index in [0.717, 1.165) is 49.4 Å². The smallest absolute Gasteiger partial charge is 0.193 e. The van der Waals surface area contributed by atoms with Gasteiger partial charge in [-0.05, 0) is 50.9 Å². The first kappa shape index (κ1) is 19.0. The van der Waals surface area contributed by atoms with E-state index in [2.05, 4.69) is 33.2 Å². The van der Waals surface area contributed by atoms with Gasteiger partial charge >= 0.3 is 0 Å². The number of aliphatic imine (C=N–C) groups is 1. The Balaban J connectivity index is 1.61. The number of nitrogens with one attached hydrogen (secondary N) is 1. The fourth-order valence-corrected chi connectivity index (χ4v) is 5.06. The molecular weight excluding hydrogens is 356 g/mol. The molecule has 0 spiro atoms. The van der Waals surface area contributed by atoms with Crippen molar-refractivity contribution in [2.75, 3.05) is 46.9 Å². The summed E-state index contributed by atoms with van der Waals surface area (Å²) >= 11 is 7.67. The van der Waals surface area contributed by atoms with Gasteiger partial charge in [-0.25, -0.2) is 0 Å². The number of likely N-dealkylation sites (tertiary alicyclic amines) is 1. The Bertz CT molecular complexity index is 579. The lowest BCUT2D eigenvalue weighted by molar-refractivity contribution is -0.0166. The van der Waals surface area contributed by atoms with Crippen LogP contribution in [-0.4, -0.2) is 68.2 Å². The van der Waals surface area contributed by atoms with E-state index in [-0.39, 0.29) is 5.54 Å². The van der Waals surface area contributed by atoms with Gasteiger partial charge in [0, 0.05) is 44.3 Å². The van der Waals surface area contributed by atoms with Crippen molar-refractivity contribution < 1.29 is 4.74 Å². The fourth-order valence-electron chi connectivity index (χ4n) is 3.92. The Kier molecular flexibility index (Phi) is 6.61. The van der Waals surface area contributed by atoms with Crippen molar-refractivity contribution in [3.8, 4) is 0 Å². The number of ether oxygens (including phenoxy) is 1. The minimum Gasteiger partial charge on any atom is -0.381 e. The maximum absolute atomic E-state index is 6.05. The number of nitrogens with zero attached hydrogens (tertiary/aromatic N) is 3. The van der Waals surface area contributed by atoms with E-state index < -0.39 is 0 Å². The Morgan fingerprint density at radius 3 is 2.68 bits per heavy atom. The van der Waals surface area contributed by atoms with Crippen molar-refractivity contribution in [1.29, 1.82) is 0 Å². The molecule has 3 rings (SSSR count). The summed E-state index contributed by atoms with van der Waals surface area (Å²) in [6, 6.07) is 4.04. The molecule has 2 fully saturated rings. The molecule has 0 amide bonds. The Hall–Kier alpha value is -0.820. The van der Waals surface area contributed by atoms with Gasteiger partial charge in [0.2, 0.25) is 0 Å². The molecule has 0 unspecified atom stereocenters. The van der Waals surface area contributed by atoms with Crippen LogP contribution in [0.2, 0.25) is 4.34 Å².